The summed E-state index contributed by atoms with van der Waals surface area (Å²) in [5.41, 5.74) is 0. The number of amides is 4. The molecule has 6 heteroatoms. The predicted molar refractivity (Wildman–Crippen MR) is 42.5 cm³/mol. The van der Waals surface area contributed by atoms with Crippen molar-refractivity contribution in [3.8, 4) is 0 Å². The lowest BCUT2D eigenvalue weighted by atomic mass is 10.5. The van der Waals surface area contributed by atoms with Gasteiger partial charge in [0.25, 0.3) is 0 Å². The Morgan fingerprint density at radius 1 is 1.75 bits per heavy atom. The van der Waals surface area contributed by atoms with E-state index in [1.807, 2.05) is 0 Å². The van der Waals surface area contributed by atoms with Crippen molar-refractivity contribution in [3.05, 3.63) is 0 Å². The van der Waals surface area contributed by atoms with Gasteiger partial charge in [-0.15, -0.1) is 0 Å². The average molecular weight is 172 g/mol. The van der Waals surface area contributed by atoms with Gasteiger partial charge in [0.05, 0.1) is 6.54 Å². The molecular weight excluding hydrogens is 160 g/mol. The lowest BCUT2D eigenvalue weighted by Crippen LogP contribution is -2.48. The maximum atomic E-state index is 10.9. The van der Waals surface area contributed by atoms with Crippen LogP contribution >= 0.6 is 0 Å². The minimum absolute atomic E-state index is 0.170. The Kier molecular flexibility index (Phi) is 2.37. The molecule has 0 aliphatic carbocycles. The van der Waals surface area contributed by atoms with Gasteiger partial charge >= 0.3 is 12.1 Å². The summed E-state index contributed by atoms with van der Waals surface area (Å²) in [6.07, 6.45) is -0.252. The highest BCUT2D eigenvalue weighted by molar-refractivity contribution is 5.79. The Bertz CT molecular complexity index is 206. The molecule has 1 aliphatic heterocycles. The van der Waals surface area contributed by atoms with E-state index in [1.165, 1.54) is 11.9 Å². The predicted octanol–water partition coefficient (Wildman–Crippen LogP) is -1.10. The lowest BCUT2D eigenvalue weighted by molar-refractivity contribution is 0.205. The molecule has 0 aromatic heterocycles. The smallest absolute Gasteiger partial charge is 0.318 e. The topological polar surface area (TPSA) is 73.5 Å². The molecule has 1 atom stereocenters. The molecule has 3 N–H and O–H groups in total. The van der Waals surface area contributed by atoms with Gasteiger partial charge in [0.1, 0.15) is 6.17 Å². The number of nitrogens with one attached hydrogen (secondary N) is 3. The van der Waals surface area contributed by atoms with E-state index < -0.39 is 0 Å². The van der Waals surface area contributed by atoms with Crippen LogP contribution in [0.2, 0.25) is 0 Å². The molecule has 1 aliphatic rings. The number of rotatable bonds is 1. The molecule has 0 aromatic carbocycles. The molecule has 1 saturated heterocycles. The Morgan fingerprint density at radius 3 is 2.83 bits per heavy atom. The van der Waals surface area contributed by atoms with Gasteiger partial charge in [0.15, 0.2) is 0 Å². The van der Waals surface area contributed by atoms with Crippen LogP contribution in [0.1, 0.15) is 0 Å². The van der Waals surface area contributed by atoms with Crippen LogP contribution in [-0.2, 0) is 0 Å². The third-order valence-electron chi connectivity index (χ3n) is 1.76. The SMILES string of the molecule is CNC(=O)NC1CNC(=O)N1C. The molecule has 12 heavy (non-hydrogen) atoms. The van der Waals surface area contributed by atoms with Crippen molar-refractivity contribution in [2.75, 3.05) is 20.6 Å². The van der Waals surface area contributed by atoms with E-state index in [9.17, 15) is 9.59 Å². The first kappa shape index (κ1) is 8.63. The molecule has 1 unspecified atom stereocenters. The summed E-state index contributed by atoms with van der Waals surface area (Å²) in [5.74, 6) is 0. The molecule has 1 fully saturated rings. The van der Waals surface area contributed by atoms with E-state index in [0.29, 0.717) is 6.54 Å². The average Bonchev–Trinajstić information content (AvgIpc) is 2.36. The maximum absolute atomic E-state index is 10.9. The Morgan fingerprint density at radius 2 is 2.42 bits per heavy atom. The Balaban J connectivity index is 2.44. The zero-order valence-electron chi connectivity index (χ0n) is 7.05. The fourth-order valence-corrected chi connectivity index (χ4v) is 0.959. The number of nitrogens with zero attached hydrogens (tertiary/aromatic N) is 1. The monoisotopic (exact) mass is 172 g/mol. The second-order valence-electron chi connectivity index (χ2n) is 2.54. The second-order valence-corrected chi connectivity index (χ2v) is 2.54. The van der Waals surface area contributed by atoms with Crippen LogP contribution in [0.15, 0.2) is 0 Å². The zero-order valence-corrected chi connectivity index (χ0v) is 7.05. The number of likely N-dealkylation sites (N-methyl/N-ethyl adjacent to an activating group) is 1. The highest BCUT2D eigenvalue weighted by Crippen LogP contribution is 1.99. The van der Waals surface area contributed by atoms with Crippen LogP contribution in [0.4, 0.5) is 9.59 Å². The Hall–Kier alpha value is -1.46. The van der Waals surface area contributed by atoms with E-state index in [4.69, 9.17) is 0 Å². The zero-order chi connectivity index (χ0) is 9.14. The lowest BCUT2D eigenvalue weighted by Gasteiger charge is -2.18. The molecule has 0 bridgehead atoms. The summed E-state index contributed by atoms with van der Waals surface area (Å²) < 4.78 is 0. The van der Waals surface area contributed by atoms with E-state index in [-0.39, 0.29) is 18.2 Å². The van der Waals surface area contributed by atoms with Gasteiger partial charge in [-0.05, 0) is 0 Å². The van der Waals surface area contributed by atoms with Crippen LogP contribution in [0.5, 0.6) is 0 Å². The molecule has 0 radical (unpaired) electrons. The van der Waals surface area contributed by atoms with E-state index >= 15 is 0 Å². The van der Waals surface area contributed by atoms with Crippen molar-refractivity contribution in [2.45, 2.75) is 6.17 Å². The quantitative estimate of drug-likeness (QED) is 0.469. The number of carbonyl (C=O) groups excluding carboxylic acids is 2. The first-order valence-corrected chi connectivity index (χ1v) is 3.64. The standard InChI is InChI=1S/C6H12N4O2/c1-7-5(11)9-4-3-8-6(12)10(4)2/h4H,3H2,1-2H3,(H,8,12)(H2,7,9,11). The third-order valence-corrected chi connectivity index (χ3v) is 1.76. The number of urea groups is 2. The van der Waals surface area contributed by atoms with Gasteiger partial charge in [-0.2, -0.15) is 0 Å². The van der Waals surface area contributed by atoms with Crippen molar-refractivity contribution in [1.29, 1.82) is 0 Å². The number of carbonyl (C=O) groups is 2. The number of hydrogen-bond acceptors (Lipinski definition) is 2. The normalized spacial score (nSPS) is 22.0. The highest BCUT2D eigenvalue weighted by atomic mass is 16.2. The minimum Gasteiger partial charge on any atom is -0.341 e. The van der Waals surface area contributed by atoms with E-state index in [0.717, 1.165) is 0 Å². The van der Waals surface area contributed by atoms with Gasteiger partial charge in [0.2, 0.25) is 0 Å². The summed E-state index contributed by atoms with van der Waals surface area (Å²) >= 11 is 0. The van der Waals surface area contributed by atoms with Crippen LogP contribution in [0, 0.1) is 0 Å². The molecule has 1 rings (SSSR count). The van der Waals surface area contributed by atoms with Gasteiger partial charge in [0, 0.05) is 14.1 Å². The minimum atomic E-state index is -0.289. The Labute approximate surface area is 70.3 Å². The number of hydrogen-bond donors (Lipinski definition) is 3. The highest BCUT2D eigenvalue weighted by Gasteiger charge is 2.27. The van der Waals surface area contributed by atoms with Crippen LogP contribution < -0.4 is 16.0 Å². The van der Waals surface area contributed by atoms with Gasteiger partial charge < -0.3 is 20.9 Å². The first-order chi connectivity index (χ1) is 5.65. The summed E-state index contributed by atoms with van der Waals surface area (Å²) in [6, 6.07) is -0.459. The van der Waals surface area contributed by atoms with Crippen molar-refractivity contribution < 1.29 is 9.59 Å². The van der Waals surface area contributed by atoms with Crippen molar-refractivity contribution in [1.82, 2.24) is 20.9 Å². The molecule has 0 saturated carbocycles. The van der Waals surface area contributed by atoms with Crippen molar-refractivity contribution in [3.63, 3.8) is 0 Å². The van der Waals surface area contributed by atoms with Crippen molar-refractivity contribution >= 4 is 12.1 Å². The summed E-state index contributed by atoms with van der Waals surface area (Å²) in [6.45, 7) is 0.447. The van der Waals surface area contributed by atoms with E-state index in [2.05, 4.69) is 16.0 Å². The molecule has 4 amide bonds. The summed E-state index contributed by atoms with van der Waals surface area (Å²) in [7, 11) is 3.16. The summed E-state index contributed by atoms with van der Waals surface area (Å²) in [5, 5.41) is 7.61. The first-order valence-electron chi connectivity index (χ1n) is 3.64. The fraction of sp³-hybridized carbons (Fsp3) is 0.667. The van der Waals surface area contributed by atoms with Crippen LogP contribution in [0.3, 0.4) is 0 Å². The summed E-state index contributed by atoms with van der Waals surface area (Å²) in [4.78, 5) is 23.2. The van der Waals surface area contributed by atoms with E-state index in [1.54, 1.807) is 7.05 Å². The van der Waals surface area contributed by atoms with Crippen LogP contribution in [0.25, 0.3) is 0 Å². The molecule has 68 valence electrons. The molecule has 0 aromatic rings. The third kappa shape index (κ3) is 1.58. The largest absolute Gasteiger partial charge is 0.341 e. The second kappa shape index (κ2) is 3.29. The fourth-order valence-electron chi connectivity index (χ4n) is 0.959. The molecular formula is C6H12N4O2. The van der Waals surface area contributed by atoms with Gasteiger partial charge in [-0.3, -0.25) is 0 Å². The molecule has 6 nitrogen and oxygen atoms in total. The molecule has 0 spiro atoms. The van der Waals surface area contributed by atoms with Crippen LogP contribution in [-0.4, -0.2) is 43.8 Å². The maximum Gasteiger partial charge on any atom is 0.318 e. The van der Waals surface area contributed by atoms with Crippen molar-refractivity contribution in [2.24, 2.45) is 0 Å². The van der Waals surface area contributed by atoms with Gasteiger partial charge in [-0.25, -0.2) is 9.59 Å². The molecule has 1 heterocycles. The van der Waals surface area contributed by atoms with Gasteiger partial charge in [-0.1, -0.05) is 0 Å².